The molecule has 5 heteroatoms. The largest absolute Gasteiger partial charge is 0.416 e. The summed E-state index contributed by atoms with van der Waals surface area (Å²) >= 11 is 0. The minimum absolute atomic E-state index is 0.470. The first-order valence-electron chi connectivity index (χ1n) is 4.21. The Morgan fingerprint density at radius 3 is 2.15 bits per heavy atom. The summed E-state index contributed by atoms with van der Waals surface area (Å²) in [7, 11) is 0. The van der Waals surface area contributed by atoms with E-state index in [1.807, 2.05) is 0 Å². The van der Waals surface area contributed by atoms with E-state index in [0.29, 0.717) is 12.1 Å². The molecule has 1 aromatic carbocycles. The van der Waals surface area contributed by atoms with Crippen LogP contribution in [0.4, 0.5) is 13.2 Å². The molecule has 2 nitrogen and oxygen atoms in total. The predicted molar refractivity (Wildman–Crippen MR) is 40.0 cm³/mol. The maximum Gasteiger partial charge on any atom is 0.416 e. The molecule has 0 spiro atoms. The number of hydrogen-bond donors (Lipinski definition) is 1. The van der Waals surface area contributed by atoms with E-state index in [9.17, 15) is 18.0 Å². The molecule has 0 aromatic heterocycles. The lowest BCUT2D eigenvalue weighted by atomic mass is 10.1. The van der Waals surface area contributed by atoms with Crippen molar-refractivity contribution < 1.29 is 20.7 Å². The Labute approximate surface area is 75.0 Å². The standard InChI is InChI=1S/C8H6F3NO/c9-8(10,11)6-3-1-5(2-4-6)7(12)13/h1-4H,(H2,12,13)/i1D,2D. The van der Waals surface area contributed by atoms with Gasteiger partial charge in [0.2, 0.25) is 5.91 Å². The molecule has 0 unspecified atom stereocenters. The molecule has 0 heterocycles. The highest BCUT2D eigenvalue weighted by atomic mass is 19.4. The summed E-state index contributed by atoms with van der Waals surface area (Å²) in [6, 6.07) is -0.444. The lowest BCUT2D eigenvalue weighted by Gasteiger charge is -2.05. The van der Waals surface area contributed by atoms with Gasteiger partial charge >= 0.3 is 6.18 Å². The Bertz CT molecular complexity index is 394. The van der Waals surface area contributed by atoms with Crippen LogP contribution in [-0.2, 0) is 6.18 Å². The molecule has 0 aliphatic carbocycles. The number of carbonyl (C=O) groups is 1. The fourth-order valence-corrected chi connectivity index (χ4v) is 0.689. The van der Waals surface area contributed by atoms with Gasteiger partial charge in [-0.05, 0) is 24.2 Å². The van der Waals surface area contributed by atoms with Crippen LogP contribution in [0.5, 0.6) is 0 Å². The Morgan fingerprint density at radius 1 is 1.38 bits per heavy atom. The highest BCUT2D eigenvalue weighted by Crippen LogP contribution is 2.28. The van der Waals surface area contributed by atoms with Crippen molar-refractivity contribution in [2.45, 2.75) is 6.18 Å². The van der Waals surface area contributed by atoms with E-state index in [-0.39, 0.29) is 0 Å². The molecule has 0 bridgehead atoms. The predicted octanol–water partition coefficient (Wildman–Crippen LogP) is 1.80. The molecule has 0 aliphatic heterocycles. The average Bonchev–Trinajstić information content (AvgIpc) is 1.99. The molecular weight excluding hydrogens is 183 g/mol. The number of rotatable bonds is 1. The third-order valence-corrected chi connectivity index (χ3v) is 1.32. The first kappa shape index (κ1) is 6.94. The summed E-state index contributed by atoms with van der Waals surface area (Å²) in [5.41, 5.74) is 3.17. The summed E-state index contributed by atoms with van der Waals surface area (Å²) in [6.07, 6.45) is -4.64. The number of amides is 1. The van der Waals surface area contributed by atoms with Crippen molar-refractivity contribution in [1.82, 2.24) is 0 Å². The van der Waals surface area contributed by atoms with Gasteiger partial charge in [0.15, 0.2) is 0 Å². The van der Waals surface area contributed by atoms with Crippen LogP contribution in [0, 0.1) is 0 Å². The lowest BCUT2D eigenvalue weighted by Crippen LogP contribution is -2.11. The van der Waals surface area contributed by atoms with E-state index in [2.05, 4.69) is 0 Å². The van der Waals surface area contributed by atoms with Crippen LogP contribution in [0.1, 0.15) is 18.7 Å². The Morgan fingerprint density at radius 2 is 1.85 bits per heavy atom. The second-order valence-electron chi connectivity index (χ2n) is 2.27. The second kappa shape index (κ2) is 3.08. The number of halogens is 3. The molecule has 70 valence electrons. The average molecular weight is 191 g/mol. The van der Waals surface area contributed by atoms with Crippen LogP contribution in [0.15, 0.2) is 24.2 Å². The first-order valence-corrected chi connectivity index (χ1v) is 3.21. The highest BCUT2D eigenvalue weighted by Gasteiger charge is 2.30. The molecule has 0 aliphatic rings. The van der Waals surface area contributed by atoms with Crippen molar-refractivity contribution in [3.63, 3.8) is 0 Å². The van der Waals surface area contributed by atoms with Gasteiger partial charge in [-0.3, -0.25) is 4.79 Å². The quantitative estimate of drug-likeness (QED) is 0.722. The van der Waals surface area contributed by atoms with E-state index in [1.165, 1.54) is 0 Å². The lowest BCUT2D eigenvalue weighted by molar-refractivity contribution is -0.137. The maximum absolute atomic E-state index is 12.2. The fraction of sp³-hybridized carbons (Fsp3) is 0.125. The summed E-state index contributed by atoms with van der Waals surface area (Å²) in [5.74, 6) is -1.08. The van der Waals surface area contributed by atoms with Crippen LogP contribution in [0.2, 0.25) is 0 Å². The van der Waals surface area contributed by atoms with Gasteiger partial charge in [-0.25, -0.2) is 0 Å². The van der Waals surface area contributed by atoms with Crippen LogP contribution < -0.4 is 5.73 Å². The Balaban J connectivity index is 3.39. The summed E-state index contributed by atoms with van der Waals surface area (Å²) in [6.45, 7) is 0. The Hall–Kier alpha value is -1.52. The topological polar surface area (TPSA) is 43.1 Å². The number of hydrogen-bond acceptors (Lipinski definition) is 1. The molecular formula is C8H6F3NO. The van der Waals surface area contributed by atoms with Crippen molar-refractivity contribution in [2.24, 2.45) is 5.73 Å². The van der Waals surface area contributed by atoms with Crippen LogP contribution in [0.3, 0.4) is 0 Å². The smallest absolute Gasteiger partial charge is 0.366 e. The van der Waals surface area contributed by atoms with Crippen molar-refractivity contribution in [3.05, 3.63) is 35.3 Å². The van der Waals surface area contributed by atoms with Crippen molar-refractivity contribution >= 4 is 5.91 Å². The van der Waals surface area contributed by atoms with Crippen LogP contribution in [-0.4, -0.2) is 5.91 Å². The first-order chi connectivity index (χ1) is 6.73. The molecule has 0 saturated heterocycles. The van der Waals surface area contributed by atoms with Gasteiger partial charge in [-0.2, -0.15) is 13.2 Å². The van der Waals surface area contributed by atoms with E-state index in [0.717, 1.165) is 0 Å². The molecule has 0 fully saturated rings. The molecule has 0 atom stereocenters. The van der Waals surface area contributed by atoms with Gasteiger partial charge in [0.05, 0.1) is 8.30 Å². The van der Waals surface area contributed by atoms with E-state index < -0.39 is 35.3 Å². The van der Waals surface area contributed by atoms with Crippen LogP contribution in [0.25, 0.3) is 0 Å². The summed E-state index contributed by atoms with van der Waals surface area (Å²) in [5, 5.41) is 0. The zero-order valence-corrected chi connectivity index (χ0v) is 6.27. The van der Waals surface area contributed by atoms with Crippen molar-refractivity contribution in [1.29, 1.82) is 0 Å². The maximum atomic E-state index is 12.2. The zero-order valence-electron chi connectivity index (χ0n) is 8.27. The number of benzene rings is 1. The molecule has 13 heavy (non-hydrogen) atoms. The van der Waals surface area contributed by atoms with Gasteiger partial charge in [0, 0.05) is 5.56 Å². The minimum atomic E-state index is -4.64. The van der Waals surface area contributed by atoms with E-state index in [4.69, 9.17) is 8.48 Å². The molecule has 1 rings (SSSR count). The summed E-state index contributed by atoms with van der Waals surface area (Å²) < 4.78 is 50.9. The van der Waals surface area contributed by atoms with E-state index >= 15 is 0 Å². The van der Waals surface area contributed by atoms with E-state index in [1.54, 1.807) is 0 Å². The molecule has 1 amide bonds. The van der Waals surface area contributed by atoms with Gasteiger partial charge in [-0.1, -0.05) is 0 Å². The van der Waals surface area contributed by atoms with Gasteiger partial charge < -0.3 is 5.73 Å². The Kier molecular flexibility index (Phi) is 1.65. The molecule has 2 N–H and O–H groups in total. The summed E-state index contributed by atoms with van der Waals surface area (Å²) in [4.78, 5) is 10.7. The fourth-order valence-electron chi connectivity index (χ4n) is 0.689. The second-order valence-corrected chi connectivity index (χ2v) is 2.27. The monoisotopic (exact) mass is 191 g/mol. The third kappa shape index (κ3) is 2.21. The van der Waals surface area contributed by atoms with Gasteiger partial charge in [0.25, 0.3) is 0 Å². The van der Waals surface area contributed by atoms with Gasteiger partial charge in [0.1, 0.15) is 0 Å². The molecule has 0 saturated carbocycles. The normalized spacial score (nSPS) is 13.5. The molecule has 1 aromatic rings. The van der Waals surface area contributed by atoms with Crippen molar-refractivity contribution in [2.75, 3.05) is 0 Å². The van der Waals surface area contributed by atoms with Gasteiger partial charge in [-0.15, -0.1) is 0 Å². The number of primary amides is 1. The SMILES string of the molecule is [2H]c1cc(C(F)(F)F)cc([2H])c1C(N)=O. The number of carbonyl (C=O) groups excluding carboxylic acids is 1. The van der Waals surface area contributed by atoms with Crippen LogP contribution >= 0.6 is 0 Å². The molecule has 0 radical (unpaired) electrons. The third-order valence-electron chi connectivity index (χ3n) is 1.32. The minimum Gasteiger partial charge on any atom is -0.366 e. The number of alkyl halides is 3. The number of nitrogens with two attached hydrogens (primary N) is 1. The van der Waals surface area contributed by atoms with Crippen molar-refractivity contribution in [3.8, 4) is 0 Å². The highest BCUT2D eigenvalue weighted by molar-refractivity contribution is 5.92. The zero-order chi connectivity index (χ0) is 11.8.